The molecule has 1 aromatic carbocycles. The normalized spacial score (nSPS) is 10.3. The van der Waals surface area contributed by atoms with Gasteiger partial charge < -0.3 is 15.4 Å². The monoisotopic (exact) mass is 254 g/mol. The lowest BCUT2D eigenvalue weighted by Crippen LogP contribution is -2.36. The molecule has 0 spiro atoms. The van der Waals surface area contributed by atoms with Gasteiger partial charge in [-0.05, 0) is 24.6 Å². The van der Waals surface area contributed by atoms with Crippen LogP contribution in [0, 0.1) is 5.82 Å². The van der Waals surface area contributed by atoms with Crippen LogP contribution in [-0.4, -0.2) is 39.3 Å². The molecule has 0 bridgehead atoms. The van der Waals surface area contributed by atoms with Gasteiger partial charge in [-0.25, -0.2) is 4.39 Å². The van der Waals surface area contributed by atoms with Gasteiger partial charge in [0.05, 0.1) is 13.2 Å². The minimum atomic E-state index is -0.205. The zero-order valence-corrected chi connectivity index (χ0v) is 10.5. The van der Waals surface area contributed by atoms with E-state index >= 15 is 0 Å². The maximum absolute atomic E-state index is 13.3. The van der Waals surface area contributed by atoms with Crippen molar-refractivity contribution in [1.82, 2.24) is 10.6 Å². The molecule has 1 aromatic rings. The van der Waals surface area contributed by atoms with Gasteiger partial charge in [-0.3, -0.25) is 4.79 Å². The van der Waals surface area contributed by atoms with E-state index in [1.165, 1.54) is 6.07 Å². The van der Waals surface area contributed by atoms with Crippen LogP contribution in [0.4, 0.5) is 4.39 Å². The number of nitrogens with one attached hydrogen (secondary N) is 2. The number of benzene rings is 1. The van der Waals surface area contributed by atoms with Crippen LogP contribution >= 0.6 is 0 Å². The van der Waals surface area contributed by atoms with Gasteiger partial charge >= 0.3 is 0 Å². The van der Waals surface area contributed by atoms with Crippen LogP contribution in [-0.2, 0) is 16.0 Å². The second-order valence-corrected chi connectivity index (χ2v) is 3.86. The minimum absolute atomic E-state index is 0.0828. The van der Waals surface area contributed by atoms with Crippen molar-refractivity contribution < 1.29 is 13.9 Å². The third-order valence-corrected chi connectivity index (χ3v) is 2.44. The Morgan fingerprint density at radius 2 is 2.11 bits per heavy atom. The number of hydrogen-bond acceptors (Lipinski definition) is 3. The van der Waals surface area contributed by atoms with Gasteiger partial charge in [0.1, 0.15) is 5.82 Å². The summed E-state index contributed by atoms with van der Waals surface area (Å²) in [6.07, 6.45) is 0.567. The summed E-state index contributed by atoms with van der Waals surface area (Å²) in [6, 6.07) is 6.65. The molecule has 0 aliphatic rings. The van der Waals surface area contributed by atoms with E-state index in [0.29, 0.717) is 31.7 Å². The van der Waals surface area contributed by atoms with Crippen LogP contribution < -0.4 is 10.6 Å². The van der Waals surface area contributed by atoms with Crippen molar-refractivity contribution in [3.8, 4) is 0 Å². The van der Waals surface area contributed by atoms with E-state index in [9.17, 15) is 9.18 Å². The Balaban J connectivity index is 2.12. The zero-order chi connectivity index (χ0) is 13.2. The maximum Gasteiger partial charge on any atom is 0.234 e. The molecule has 0 fully saturated rings. The molecule has 100 valence electrons. The Bertz CT molecular complexity index is 372. The fourth-order valence-corrected chi connectivity index (χ4v) is 1.48. The van der Waals surface area contributed by atoms with E-state index in [-0.39, 0.29) is 18.3 Å². The van der Waals surface area contributed by atoms with E-state index < -0.39 is 0 Å². The van der Waals surface area contributed by atoms with E-state index in [1.54, 1.807) is 25.3 Å². The molecule has 1 amide bonds. The van der Waals surface area contributed by atoms with E-state index in [0.717, 1.165) is 0 Å². The second kappa shape index (κ2) is 8.60. The third kappa shape index (κ3) is 5.75. The van der Waals surface area contributed by atoms with Crippen molar-refractivity contribution in [3.05, 3.63) is 35.6 Å². The molecule has 0 saturated heterocycles. The van der Waals surface area contributed by atoms with Crippen molar-refractivity contribution in [2.24, 2.45) is 0 Å². The van der Waals surface area contributed by atoms with Crippen molar-refractivity contribution in [1.29, 1.82) is 0 Å². The van der Waals surface area contributed by atoms with E-state index in [2.05, 4.69) is 10.6 Å². The third-order valence-electron chi connectivity index (χ3n) is 2.44. The van der Waals surface area contributed by atoms with Crippen molar-refractivity contribution >= 4 is 5.91 Å². The van der Waals surface area contributed by atoms with Crippen molar-refractivity contribution in [2.75, 3.05) is 33.4 Å². The van der Waals surface area contributed by atoms with Crippen LogP contribution in [0.15, 0.2) is 24.3 Å². The number of rotatable bonds is 8. The predicted octanol–water partition coefficient (Wildman–Crippen LogP) is 0.720. The molecule has 18 heavy (non-hydrogen) atoms. The molecule has 0 aromatic heterocycles. The number of ether oxygens (including phenoxy) is 1. The van der Waals surface area contributed by atoms with Crippen LogP contribution in [0.5, 0.6) is 0 Å². The van der Waals surface area contributed by atoms with Crippen LogP contribution in [0.2, 0.25) is 0 Å². The average molecular weight is 254 g/mol. The van der Waals surface area contributed by atoms with E-state index in [4.69, 9.17) is 4.74 Å². The number of hydrogen-bond donors (Lipinski definition) is 2. The molecule has 0 saturated carbocycles. The highest BCUT2D eigenvalue weighted by atomic mass is 19.1. The summed E-state index contributed by atoms with van der Waals surface area (Å²) < 4.78 is 18.1. The molecular formula is C13H19FN2O2. The fraction of sp³-hybridized carbons (Fsp3) is 0.462. The molecule has 1 rings (SSSR count). The summed E-state index contributed by atoms with van der Waals surface area (Å²) in [5.41, 5.74) is 0.657. The Morgan fingerprint density at radius 1 is 1.33 bits per heavy atom. The smallest absolute Gasteiger partial charge is 0.234 e. The van der Waals surface area contributed by atoms with Crippen LogP contribution in [0.25, 0.3) is 0 Å². The highest BCUT2D eigenvalue weighted by molar-refractivity contribution is 5.77. The number of carbonyl (C=O) groups is 1. The zero-order valence-electron chi connectivity index (χ0n) is 10.5. The van der Waals surface area contributed by atoms with Gasteiger partial charge in [0.15, 0.2) is 0 Å². The van der Waals surface area contributed by atoms with Gasteiger partial charge in [-0.2, -0.15) is 0 Å². The predicted molar refractivity (Wildman–Crippen MR) is 67.9 cm³/mol. The highest BCUT2D eigenvalue weighted by Gasteiger charge is 2.02. The lowest BCUT2D eigenvalue weighted by molar-refractivity contribution is -0.120. The first kappa shape index (κ1) is 14.6. The summed E-state index contributed by atoms with van der Waals surface area (Å²) in [5.74, 6) is -0.288. The Kier molecular flexibility index (Phi) is 6.98. The minimum Gasteiger partial charge on any atom is -0.383 e. The van der Waals surface area contributed by atoms with Crippen molar-refractivity contribution in [2.45, 2.75) is 6.42 Å². The van der Waals surface area contributed by atoms with Gasteiger partial charge in [0.2, 0.25) is 5.91 Å². The largest absolute Gasteiger partial charge is 0.383 e. The fourth-order valence-electron chi connectivity index (χ4n) is 1.48. The summed E-state index contributed by atoms with van der Waals surface area (Å²) in [4.78, 5) is 11.3. The first-order valence-electron chi connectivity index (χ1n) is 5.94. The molecular weight excluding hydrogens is 235 g/mol. The lowest BCUT2D eigenvalue weighted by atomic mass is 10.1. The quantitative estimate of drug-likeness (QED) is 0.672. The molecule has 0 atom stereocenters. The first-order chi connectivity index (χ1) is 8.74. The summed E-state index contributed by atoms with van der Waals surface area (Å²) in [7, 11) is 1.58. The second-order valence-electron chi connectivity index (χ2n) is 3.86. The number of methoxy groups -OCH3 is 1. The highest BCUT2D eigenvalue weighted by Crippen LogP contribution is 2.05. The molecule has 0 unspecified atom stereocenters. The number of amides is 1. The first-order valence-corrected chi connectivity index (χ1v) is 5.94. The van der Waals surface area contributed by atoms with Gasteiger partial charge in [0.25, 0.3) is 0 Å². The molecule has 4 nitrogen and oxygen atoms in total. The molecule has 2 N–H and O–H groups in total. The molecule has 5 heteroatoms. The number of carbonyl (C=O) groups excluding carboxylic acids is 1. The number of halogens is 1. The van der Waals surface area contributed by atoms with Crippen LogP contribution in [0.1, 0.15) is 5.56 Å². The van der Waals surface area contributed by atoms with Gasteiger partial charge in [-0.15, -0.1) is 0 Å². The molecule has 0 heterocycles. The lowest BCUT2D eigenvalue weighted by Gasteiger charge is -2.06. The molecule has 0 radical (unpaired) electrons. The van der Waals surface area contributed by atoms with Crippen LogP contribution in [0.3, 0.4) is 0 Å². The Labute approximate surface area is 107 Å². The Morgan fingerprint density at radius 3 is 2.83 bits per heavy atom. The maximum atomic E-state index is 13.3. The van der Waals surface area contributed by atoms with Gasteiger partial charge in [0, 0.05) is 13.7 Å². The Hall–Kier alpha value is -1.46. The average Bonchev–Trinajstić information content (AvgIpc) is 2.37. The van der Waals surface area contributed by atoms with Crippen molar-refractivity contribution in [3.63, 3.8) is 0 Å². The summed E-state index contributed by atoms with van der Waals surface area (Å²) in [5, 5.41) is 5.66. The SMILES string of the molecule is COCCNC(=O)CNCCc1ccccc1F. The van der Waals surface area contributed by atoms with E-state index in [1.807, 2.05) is 0 Å². The standard InChI is InChI=1S/C13H19FN2O2/c1-18-9-8-16-13(17)10-15-7-6-11-4-2-3-5-12(11)14/h2-5,15H,6-10H2,1H3,(H,16,17). The summed E-state index contributed by atoms with van der Waals surface area (Å²) in [6.45, 7) is 1.81. The van der Waals surface area contributed by atoms with Gasteiger partial charge in [-0.1, -0.05) is 18.2 Å². The molecule has 0 aliphatic heterocycles. The molecule has 0 aliphatic carbocycles. The topological polar surface area (TPSA) is 50.4 Å². The summed E-state index contributed by atoms with van der Waals surface area (Å²) >= 11 is 0.